The third-order valence-electron chi connectivity index (χ3n) is 4.27. The van der Waals surface area contributed by atoms with Crippen molar-refractivity contribution in [2.45, 2.75) is 32.4 Å². The predicted molar refractivity (Wildman–Crippen MR) is 83.6 cm³/mol. The third-order valence-corrected chi connectivity index (χ3v) is 4.27. The lowest BCUT2D eigenvalue weighted by atomic mass is 9.99. The van der Waals surface area contributed by atoms with E-state index in [1.807, 2.05) is 18.0 Å². The van der Waals surface area contributed by atoms with Crippen molar-refractivity contribution in [3.8, 4) is 0 Å². The Hall–Kier alpha value is -0.970. The molecule has 0 aromatic heterocycles. The molecule has 2 rings (SSSR count). The van der Waals surface area contributed by atoms with Gasteiger partial charge in [0, 0.05) is 25.2 Å². The zero-order chi connectivity index (χ0) is 15.2. The van der Waals surface area contributed by atoms with E-state index >= 15 is 0 Å². The van der Waals surface area contributed by atoms with Gasteiger partial charge in [0.15, 0.2) is 0 Å². The van der Waals surface area contributed by atoms with E-state index in [9.17, 15) is 9.50 Å². The summed E-state index contributed by atoms with van der Waals surface area (Å²) in [6.07, 6.45) is 2.06. The number of rotatable bonds is 6. The molecule has 1 aliphatic heterocycles. The smallest absolute Gasteiger partial charge is 0.127 e. The largest absolute Gasteiger partial charge is 0.390 e. The van der Waals surface area contributed by atoms with E-state index in [0.717, 1.165) is 19.0 Å². The summed E-state index contributed by atoms with van der Waals surface area (Å²) in [6.45, 7) is 6.26. The van der Waals surface area contributed by atoms with E-state index in [1.165, 1.54) is 18.9 Å². The summed E-state index contributed by atoms with van der Waals surface area (Å²) >= 11 is 0. The lowest BCUT2D eigenvalue weighted by Gasteiger charge is -2.32. The first kappa shape index (κ1) is 16.4. The van der Waals surface area contributed by atoms with E-state index in [1.54, 1.807) is 12.1 Å². The van der Waals surface area contributed by atoms with Crippen LogP contribution in [0.5, 0.6) is 0 Å². The molecule has 1 unspecified atom stereocenters. The highest BCUT2D eigenvalue weighted by molar-refractivity contribution is 5.16. The first-order valence-electron chi connectivity index (χ1n) is 7.87. The number of aliphatic hydroxyl groups excluding tert-OH is 1. The summed E-state index contributed by atoms with van der Waals surface area (Å²) in [5, 5.41) is 10.2. The molecule has 118 valence electrons. The van der Waals surface area contributed by atoms with Gasteiger partial charge in [-0.25, -0.2) is 4.39 Å². The minimum atomic E-state index is -0.379. The first-order valence-corrected chi connectivity index (χ1v) is 7.87. The molecule has 1 aliphatic rings. The number of halogens is 1. The van der Waals surface area contributed by atoms with Crippen LogP contribution in [-0.4, -0.2) is 54.2 Å². The van der Waals surface area contributed by atoms with Crippen LogP contribution in [-0.2, 0) is 6.54 Å². The van der Waals surface area contributed by atoms with Gasteiger partial charge in [0.1, 0.15) is 5.82 Å². The van der Waals surface area contributed by atoms with Crippen LogP contribution in [0.3, 0.4) is 0 Å². The number of likely N-dealkylation sites (tertiary alicyclic amines) is 1. The monoisotopic (exact) mass is 294 g/mol. The molecule has 1 aromatic rings. The van der Waals surface area contributed by atoms with E-state index in [2.05, 4.69) is 11.8 Å². The Morgan fingerprint density at radius 2 is 2.00 bits per heavy atom. The molecule has 1 saturated heterocycles. The molecule has 0 radical (unpaired) electrons. The Morgan fingerprint density at radius 3 is 2.67 bits per heavy atom. The van der Waals surface area contributed by atoms with Crippen LogP contribution in [0, 0.1) is 11.7 Å². The molecule has 4 heteroatoms. The highest BCUT2D eigenvalue weighted by atomic mass is 19.1. The van der Waals surface area contributed by atoms with E-state index < -0.39 is 0 Å². The molecule has 1 N–H and O–H groups in total. The maximum absolute atomic E-state index is 13.6. The molecule has 1 heterocycles. The SMILES string of the molecule is CC1CCN(CC(O)CN(C)Cc2ccccc2F)CC1. The number of benzene rings is 1. The van der Waals surface area contributed by atoms with Crippen LogP contribution >= 0.6 is 0 Å². The lowest BCUT2D eigenvalue weighted by Crippen LogP contribution is -2.42. The van der Waals surface area contributed by atoms with Gasteiger partial charge in [-0.15, -0.1) is 0 Å². The van der Waals surface area contributed by atoms with Crippen molar-refractivity contribution < 1.29 is 9.50 Å². The van der Waals surface area contributed by atoms with Gasteiger partial charge >= 0.3 is 0 Å². The molecular weight excluding hydrogens is 267 g/mol. The van der Waals surface area contributed by atoms with Crippen LogP contribution in [0.2, 0.25) is 0 Å². The van der Waals surface area contributed by atoms with E-state index in [-0.39, 0.29) is 11.9 Å². The summed E-state index contributed by atoms with van der Waals surface area (Å²) in [5.41, 5.74) is 0.680. The minimum Gasteiger partial charge on any atom is -0.390 e. The number of likely N-dealkylation sites (N-methyl/N-ethyl adjacent to an activating group) is 1. The molecule has 21 heavy (non-hydrogen) atoms. The van der Waals surface area contributed by atoms with Gasteiger partial charge in [0.05, 0.1) is 6.10 Å². The number of hydrogen-bond donors (Lipinski definition) is 1. The molecule has 0 spiro atoms. The van der Waals surface area contributed by atoms with E-state index in [4.69, 9.17) is 0 Å². The van der Waals surface area contributed by atoms with Crippen LogP contribution in [0.25, 0.3) is 0 Å². The Morgan fingerprint density at radius 1 is 1.33 bits per heavy atom. The fourth-order valence-electron chi connectivity index (χ4n) is 2.94. The zero-order valence-electron chi connectivity index (χ0n) is 13.1. The zero-order valence-corrected chi connectivity index (χ0v) is 13.1. The van der Waals surface area contributed by atoms with Crippen LogP contribution in [0.1, 0.15) is 25.3 Å². The van der Waals surface area contributed by atoms with Crippen molar-refractivity contribution in [1.82, 2.24) is 9.80 Å². The fourth-order valence-corrected chi connectivity index (χ4v) is 2.94. The Bertz CT molecular complexity index is 433. The molecule has 0 aliphatic carbocycles. The second-order valence-corrected chi connectivity index (χ2v) is 6.43. The average molecular weight is 294 g/mol. The topological polar surface area (TPSA) is 26.7 Å². The second-order valence-electron chi connectivity index (χ2n) is 6.43. The Labute approximate surface area is 127 Å². The summed E-state index contributed by atoms with van der Waals surface area (Å²) in [5.74, 6) is 0.631. The standard InChI is InChI=1S/C17H27FN2O/c1-14-7-9-20(10-8-14)13-16(21)12-19(2)11-15-5-3-4-6-17(15)18/h3-6,14,16,21H,7-13H2,1-2H3. The number of piperidine rings is 1. The molecule has 1 fully saturated rings. The fraction of sp³-hybridized carbons (Fsp3) is 0.647. The maximum Gasteiger partial charge on any atom is 0.127 e. The van der Waals surface area contributed by atoms with Gasteiger partial charge < -0.3 is 10.0 Å². The van der Waals surface area contributed by atoms with E-state index in [0.29, 0.717) is 25.2 Å². The van der Waals surface area contributed by atoms with Crippen molar-refractivity contribution in [2.24, 2.45) is 5.92 Å². The summed E-state index contributed by atoms with van der Waals surface area (Å²) < 4.78 is 13.6. The minimum absolute atomic E-state index is 0.177. The average Bonchev–Trinajstić information content (AvgIpc) is 2.44. The number of nitrogens with zero attached hydrogens (tertiary/aromatic N) is 2. The predicted octanol–water partition coefficient (Wildman–Crippen LogP) is 2.35. The van der Waals surface area contributed by atoms with Crippen LogP contribution in [0.4, 0.5) is 4.39 Å². The maximum atomic E-state index is 13.6. The van der Waals surface area contributed by atoms with Gasteiger partial charge in [-0.2, -0.15) is 0 Å². The number of hydrogen-bond acceptors (Lipinski definition) is 3. The summed E-state index contributed by atoms with van der Waals surface area (Å²) in [4.78, 5) is 4.32. The highest BCUT2D eigenvalue weighted by Gasteiger charge is 2.19. The Kier molecular flexibility index (Phi) is 6.15. The number of β-amino-alcohol motifs (C(OH)–C–C–N with tert-alkyl or cyclic N) is 1. The van der Waals surface area contributed by atoms with Crippen LogP contribution < -0.4 is 0 Å². The molecule has 0 amide bonds. The van der Waals surface area contributed by atoms with Crippen molar-refractivity contribution in [3.63, 3.8) is 0 Å². The second kappa shape index (κ2) is 7.87. The molecule has 0 saturated carbocycles. The third kappa shape index (κ3) is 5.38. The van der Waals surface area contributed by atoms with Gasteiger partial charge in [-0.3, -0.25) is 4.90 Å². The lowest BCUT2D eigenvalue weighted by molar-refractivity contribution is 0.0660. The first-order chi connectivity index (χ1) is 10.0. The quantitative estimate of drug-likeness (QED) is 0.872. The normalized spacial score (nSPS) is 19.1. The Balaban J connectivity index is 1.74. The van der Waals surface area contributed by atoms with Gasteiger partial charge in [0.2, 0.25) is 0 Å². The van der Waals surface area contributed by atoms with Gasteiger partial charge in [0.25, 0.3) is 0 Å². The molecular formula is C17H27FN2O. The van der Waals surface area contributed by atoms with Crippen molar-refractivity contribution in [1.29, 1.82) is 0 Å². The van der Waals surface area contributed by atoms with Gasteiger partial charge in [-0.1, -0.05) is 25.1 Å². The highest BCUT2D eigenvalue weighted by Crippen LogP contribution is 2.16. The number of aliphatic hydroxyl groups is 1. The van der Waals surface area contributed by atoms with Crippen LogP contribution in [0.15, 0.2) is 24.3 Å². The van der Waals surface area contributed by atoms with Gasteiger partial charge in [-0.05, 0) is 45.0 Å². The van der Waals surface area contributed by atoms with Crippen molar-refractivity contribution >= 4 is 0 Å². The van der Waals surface area contributed by atoms with Crippen molar-refractivity contribution in [3.05, 3.63) is 35.6 Å². The molecule has 3 nitrogen and oxygen atoms in total. The summed E-state index contributed by atoms with van der Waals surface area (Å²) in [7, 11) is 1.92. The van der Waals surface area contributed by atoms with Crippen molar-refractivity contribution in [2.75, 3.05) is 33.2 Å². The molecule has 1 aromatic carbocycles. The molecule has 1 atom stereocenters. The summed E-state index contributed by atoms with van der Waals surface area (Å²) in [6, 6.07) is 6.82. The molecule has 0 bridgehead atoms.